The number of hydrogen-bond donors (Lipinski definition) is 2. The molecule has 3 nitrogen and oxygen atoms in total. The van der Waals surface area contributed by atoms with Crippen molar-refractivity contribution in [3.05, 3.63) is 34.6 Å². The molecule has 0 saturated carbocycles. The first-order chi connectivity index (χ1) is 8.58. The number of hydrogen-bond acceptors (Lipinski definition) is 2. The molecule has 1 fully saturated rings. The van der Waals surface area contributed by atoms with Crippen molar-refractivity contribution in [3.63, 3.8) is 0 Å². The quantitative estimate of drug-likeness (QED) is 0.882. The Morgan fingerprint density at radius 3 is 2.89 bits per heavy atom. The average molecular weight is 307 g/mol. The van der Waals surface area contributed by atoms with Gasteiger partial charge in [0.25, 0.3) is 5.91 Å². The topological polar surface area (TPSA) is 41.1 Å². The minimum atomic E-state index is -0.587. The molecule has 0 aromatic heterocycles. The van der Waals surface area contributed by atoms with Crippen molar-refractivity contribution in [2.75, 3.05) is 6.54 Å². The first-order valence-corrected chi connectivity index (χ1v) is 6.45. The Balaban J connectivity index is 0.00000180. The van der Waals surface area contributed by atoms with Gasteiger partial charge in [-0.1, -0.05) is 11.6 Å². The monoisotopic (exact) mass is 306 g/mol. The predicted octanol–water partition coefficient (Wildman–Crippen LogP) is 2.77. The molecule has 0 spiro atoms. The van der Waals surface area contributed by atoms with E-state index in [-0.39, 0.29) is 41.0 Å². The summed E-state index contributed by atoms with van der Waals surface area (Å²) in [6, 6.07) is 4.33. The summed E-state index contributed by atoms with van der Waals surface area (Å²) in [6.07, 6.45) is 1.92. The fourth-order valence-electron chi connectivity index (χ4n) is 2.16. The molecule has 1 heterocycles. The zero-order valence-corrected chi connectivity index (χ0v) is 12.2. The van der Waals surface area contributed by atoms with Gasteiger partial charge in [-0.3, -0.25) is 4.79 Å². The molecule has 6 heteroatoms. The number of amides is 1. The number of nitrogens with one attached hydrogen (secondary N) is 2. The fraction of sp³-hybridized carbons (Fsp3) is 0.462. The summed E-state index contributed by atoms with van der Waals surface area (Å²) in [4.78, 5) is 12.0. The molecule has 0 aliphatic carbocycles. The molecule has 1 aromatic carbocycles. The largest absolute Gasteiger partial charge is 0.348 e. The first kappa shape index (κ1) is 16.2. The van der Waals surface area contributed by atoms with Crippen molar-refractivity contribution in [1.82, 2.24) is 10.6 Å². The lowest BCUT2D eigenvalue weighted by Gasteiger charge is -2.30. The molecular formula is C13H17Cl2FN2O. The Bertz CT molecular complexity index is 456. The van der Waals surface area contributed by atoms with Gasteiger partial charge in [0.15, 0.2) is 0 Å². The molecule has 2 rings (SSSR count). The van der Waals surface area contributed by atoms with E-state index in [9.17, 15) is 9.18 Å². The van der Waals surface area contributed by atoms with Gasteiger partial charge in [0, 0.05) is 17.1 Å². The summed E-state index contributed by atoms with van der Waals surface area (Å²) < 4.78 is 13.6. The highest BCUT2D eigenvalue weighted by Crippen LogP contribution is 2.16. The summed E-state index contributed by atoms with van der Waals surface area (Å²) in [7, 11) is 0. The Labute approximate surface area is 123 Å². The van der Waals surface area contributed by atoms with Crippen LogP contribution in [0.5, 0.6) is 0 Å². The van der Waals surface area contributed by atoms with E-state index in [1.165, 1.54) is 12.1 Å². The highest BCUT2D eigenvalue weighted by molar-refractivity contribution is 6.30. The van der Waals surface area contributed by atoms with Gasteiger partial charge in [-0.2, -0.15) is 0 Å². The lowest BCUT2D eigenvalue weighted by molar-refractivity contribution is 0.0916. The second-order valence-electron chi connectivity index (χ2n) is 4.59. The van der Waals surface area contributed by atoms with Crippen LogP contribution in [-0.4, -0.2) is 24.5 Å². The lowest BCUT2D eigenvalue weighted by Crippen LogP contribution is -2.52. The molecule has 1 aromatic rings. The number of carbonyl (C=O) groups excluding carboxylic acids is 1. The standard InChI is InChI=1S/C13H16ClFN2O.ClH/c1-8-12(3-2-6-16-8)17-13(18)10-5-4-9(14)7-11(10)15;/h4-5,7-8,12,16H,2-3,6H2,1H3,(H,17,18);1H. The van der Waals surface area contributed by atoms with Crippen molar-refractivity contribution in [3.8, 4) is 0 Å². The van der Waals surface area contributed by atoms with Crippen LogP contribution in [0.25, 0.3) is 0 Å². The Morgan fingerprint density at radius 1 is 1.53 bits per heavy atom. The summed E-state index contributed by atoms with van der Waals surface area (Å²) in [6.45, 7) is 2.98. The van der Waals surface area contributed by atoms with Gasteiger partial charge in [0.1, 0.15) is 5.82 Å². The molecule has 2 unspecified atom stereocenters. The third-order valence-corrected chi connectivity index (χ3v) is 3.49. The lowest BCUT2D eigenvalue weighted by atomic mass is 9.99. The minimum absolute atomic E-state index is 0. The van der Waals surface area contributed by atoms with E-state index in [1.807, 2.05) is 6.92 Å². The van der Waals surface area contributed by atoms with Crippen molar-refractivity contribution >= 4 is 29.9 Å². The van der Waals surface area contributed by atoms with Crippen molar-refractivity contribution < 1.29 is 9.18 Å². The molecule has 0 radical (unpaired) electrons. The second-order valence-corrected chi connectivity index (χ2v) is 5.03. The van der Waals surface area contributed by atoms with E-state index in [2.05, 4.69) is 10.6 Å². The van der Waals surface area contributed by atoms with Crippen LogP contribution in [-0.2, 0) is 0 Å². The van der Waals surface area contributed by atoms with Crippen molar-refractivity contribution in [2.24, 2.45) is 0 Å². The van der Waals surface area contributed by atoms with E-state index < -0.39 is 5.82 Å². The van der Waals surface area contributed by atoms with Gasteiger partial charge in [-0.05, 0) is 44.5 Å². The molecule has 1 aliphatic heterocycles. The second kappa shape index (κ2) is 7.08. The maximum Gasteiger partial charge on any atom is 0.254 e. The van der Waals surface area contributed by atoms with Gasteiger partial charge >= 0.3 is 0 Å². The van der Waals surface area contributed by atoms with Crippen LogP contribution in [0.15, 0.2) is 18.2 Å². The highest BCUT2D eigenvalue weighted by atomic mass is 35.5. The van der Waals surface area contributed by atoms with Crippen LogP contribution in [0, 0.1) is 5.82 Å². The zero-order valence-electron chi connectivity index (χ0n) is 10.6. The van der Waals surface area contributed by atoms with Crippen molar-refractivity contribution in [1.29, 1.82) is 0 Å². The summed E-state index contributed by atoms with van der Waals surface area (Å²) in [5.41, 5.74) is 0.0390. The van der Waals surface area contributed by atoms with E-state index in [4.69, 9.17) is 11.6 Å². The Kier molecular flexibility index (Phi) is 6.04. The molecule has 1 saturated heterocycles. The number of halogens is 3. The number of carbonyl (C=O) groups is 1. The van der Waals surface area contributed by atoms with Gasteiger partial charge in [-0.25, -0.2) is 4.39 Å². The van der Waals surface area contributed by atoms with Gasteiger partial charge in [0.05, 0.1) is 5.56 Å². The van der Waals surface area contributed by atoms with E-state index in [1.54, 1.807) is 0 Å². The third-order valence-electron chi connectivity index (χ3n) is 3.25. The molecule has 19 heavy (non-hydrogen) atoms. The van der Waals surface area contributed by atoms with E-state index in [0.717, 1.165) is 25.5 Å². The zero-order chi connectivity index (χ0) is 13.1. The van der Waals surface area contributed by atoms with E-state index in [0.29, 0.717) is 0 Å². The maximum absolute atomic E-state index is 13.6. The Hall–Kier alpha value is -0.840. The van der Waals surface area contributed by atoms with Crippen LogP contribution in [0.4, 0.5) is 4.39 Å². The summed E-state index contributed by atoms with van der Waals surface area (Å²) in [5.74, 6) is -0.971. The number of piperidine rings is 1. The molecule has 106 valence electrons. The number of rotatable bonds is 2. The van der Waals surface area contributed by atoms with Crippen LogP contribution in [0.1, 0.15) is 30.1 Å². The maximum atomic E-state index is 13.6. The molecule has 2 N–H and O–H groups in total. The first-order valence-electron chi connectivity index (χ1n) is 6.07. The van der Waals surface area contributed by atoms with Gasteiger partial charge in [0.2, 0.25) is 0 Å². The molecule has 1 aliphatic rings. The van der Waals surface area contributed by atoms with E-state index >= 15 is 0 Å². The summed E-state index contributed by atoms with van der Waals surface area (Å²) >= 11 is 5.65. The fourth-order valence-corrected chi connectivity index (χ4v) is 2.32. The summed E-state index contributed by atoms with van der Waals surface area (Å²) in [5, 5.41) is 6.43. The molecule has 1 amide bonds. The highest BCUT2D eigenvalue weighted by Gasteiger charge is 2.23. The third kappa shape index (κ3) is 4.06. The normalized spacial score (nSPS) is 22.5. The minimum Gasteiger partial charge on any atom is -0.348 e. The molecule has 0 bridgehead atoms. The predicted molar refractivity (Wildman–Crippen MR) is 76.6 cm³/mol. The number of benzene rings is 1. The van der Waals surface area contributed by atoms with Gasteiger partial charge in [-0.15, -0.1) is 12.4 Å². The van der Waals surface area contributed by atoms with Crippen LogP contribution in [0.2, 0.25) is 5.02 Å². The molecular weight excluding hydrogens is 290 g/mol. The Morgan fingerprint density at radius 2 is 2.26 bits per heavy atom. The smallest absolute Gasteiger partial charge is 0.254 e. The molecule has 2 atom stereocenters. The van der Waals surface area contributed by atoms with Gasteiger partial charge < -0.3 is 10.6 Å². The van der Waals surface area contributed by atoms with Crippen molar-refractivity contribution in [2.45, 2.75) is 31.8 Å². The SMILES string of the molecule is CC1NCCCC1NC(=O)c1ccc(Cl)cc1F.Cl. The van der Waals surface area contributed by atoms with Crippen LogP contribution >= 0.6 is 24.0 Å². The van der Waals surface area contributed by atoms with Crippen LogP contribution < -0.4 is 10.6 Å². The average Bonchev–Trinajstić information content (AvgIpc) is 2.32. The van der Waals surface area contributed by atoms with Crippen LogP contribution in [0.3, 0.4) is 0 Å².